The Hall–Kier alpha value is 0.540. The SMILES string of the molecule is CC1(C)COP(=S)(SSCCCCCCCCCCCNC(=O)OC(C)(C)C)OC1. The smallest absolute Gasteiger partial charge is 0.407 e. The van der Waals surface area contributed by atoms with Crippen molar-refractivity contribution in [3.05, 3.63) is 0 Å². The molecule has 1 N–H and O–H groups in total. The number of carbonyl (C=O) groups excluding carboxylic acids is 1. The summed E-state index contributed by atoms with van der Waals surface area (Å²) in [5.74, 6) is 1.11. The predicted molar refractivity (Wildman–Crippen MR) is 136 cm³/mol. The lowest BCUT2D eigenvalue weighted by atomic mass is 9.97. The monoisotopic (exact) mass is 499 g/mol. The minimum Gasteiger partial charge on any atom is -0.444 e. The van der Waals surface area contributed by atoms with Crippen molar-refractivity contribution in [3.8, 4) is 0 Å². The molecule has 1 rings (SSSR count). The topological polar surface area (TPSA) is 56.8 Å². The lowest BCUT2D eigenvalue weighted by molar-refractivity contribution is 0.0527. The van der Waals surface area contributed by atoms with Gasteiger partial charge in [-0.15, -0.1) is 0 Å². The van der Waals surface area contributed by atoms with Crippen molar-refractivity contribution in [1.29, 1.82) is 0 Å². The van der Waals surface area contributed by atoms with Crippen LogP contribution >= 0.6 is 26.9 Å². The molecule has 0 aromatic carbocycles. The van der Waals surface area contributed by atoms with Crippen molar-refractivity contribution in [3.63, 3.8) is 0 Å². The summed E-state index contributed by atoms with van der Waals surface area (Å²) in [4.78, 5) is 11.5. The summed E-state index contributed by atoms with van der Waals surface area (Å²) < 4.78 is 16.9. The Labute approximate surface area is 197 Å². The van der Waals surface area contributed by atoms with E-state index in [0.717, 1.165) is 18.6 Å². The summed E-state index contributed by atoms with van der Waals surface area (Å²) in [6, 6.07) is 0. The van der Waals surface area contributed by atoms with Gasteiger partial charge in [0.1, 0.15) is 5.60 Å². The van der Waals surface area contributed by atoms with Gasteiger partial charge in [0.05, 0.1) is 13.2 Å². The van der Waals surface area contributed by atoms with Crippen LogP contribution in [0.5, 0.6) is 0 Å². The van der Waals surface area contributed by atoms with Crippen molar-refractivity contribution in [2.45, 2.75) is 98.0 Å². The number of alkyl carbamates (subject to hydrolysis) is 1. The highest BCUT2D eigenvalue weighted by Crippen LogP contribution is 2.68. The highest BCUT2D eigenvalue weighted by molar-refractivity contribution is 9.03. The molecule has 1 fully saturated rings. The molecule has 0 aromatic rings. The van der Waals surface area contributed by atoms with Crippen LogP contribution in [0.15, 0.2) is 0 Å². The molecule has 1 saturated heterocycles. The fourth-order valence-corrected chi connectivity index (χ4v) is 10.1. The second kappa shape index (κ2) is 14.6. The number of ether oxygens (including phenoxy) is 1. The number of hydrogen-bond acceptors (Lipinski definition) is 7. The Balaban J connectivity index is 1.83. The van der Waals surface area contributed by atoms with Crippen LogP contribution in [-0.2, 0) is 25.6 Å². The Morgan fingerprint density at radius 3 is 2.03 bits per heavy atom. The molecule has 9 heteroatoms. The average molecular weight is 500 g/mol. The van der Waals surface area contributed by atoms with Gasteiger partial charge >= 0.3 is 6.09 Å². The molecule has 30 heavy (non-hydrogen) atoms. The van der Waals surface area contributed by atoms with E-state index in [1.165, 1.54) is 44.9 Å². The molecular weight excluding hydrogens is 457 g/mol. The first-order valence-corrected chi connectivity index (χ1v) is 16.7. The number of carbonyl (C=O) groups is 1. The van der Waals surface area contributed by atoms with Gasteiger partial charge in [-0.3, -0.25) is 0 Å². The molecule has 5 nitrogen and oxygen atoms in total. The molecule has 0 radical (unpaired) electrons. The van der Waals surface area contributed by atoms with Gasteiger partial charge in [-0.25, -0.2) is 4.79 Å². The normalized spacial score (nSPS) is 18.2. The highest BCUT2D eigenvalue weighted by Gasteiger charge is 2.33. The first kappa shape index (κ1) is 28.6. The Morgan fingerprint density at radius 1 is 1.00 bits per heavy atom. The van der Waals surface area contributed by atoms with Crippen molar-refractivity contribution >= 4 is 44.8 Å². The van der Waals surface area contributed by atoms with Gasteiger partial charge < -0.3 is 19.1 Å². The van der Waals surface area contributed by atoms with Crippen LogP contribution in [0.25, 0.3) is 0 Å². The summed E-state index contributed by atoms with van der Waals surface area (Å²) in [5, 5.41) is 2.82. The molecule has 0 unspecified atom stereocenters. The summed E-state index contributed by atoms with van der Waals surface area (Å²) in [5.41, 5.74) is -2.44. The highest BCUT2D eigenvalue weighted by atomic mass is 33.4. The van der Waals surface area contributed by atoms with E-state index < -0.39 is 11.3 Å². The van der Waals surface area contributed by atoms with Crippen LogP contribution in [-0.4, -0.2) is 37.2 Å². The molecule has 0 bridgehead atoms. The number of nitrogens with one attached hydrogen (secondary N) is 1. The molecule has 0 aliphatic carbocycles. The summed E-state index contributed by atoms with van der Waals surface area (Å²) in [7, 11) is 3.47. The quantitative estimate of drug-likeness (QED) is 0.149. The Kier molecular flexibility index (Phi) is 13.9. The van der Waals surface area contributed by atoms with Crippen molar-refractivity contribution < 1.29 is 18.6 Å². The molecule has 178 valence electrons. The zero-order valence-corrected chi connectivity index (χ0v) is 22.8. The molecule has 1 heterocycles. The van der Waals surface area contributed by atoms with E-state index in [4.69, 9.17) is 25.6 Å². The zero-order valence-electron chi connectivity index (χ0n) is 19.5. The van der Waals surface area contributed by atoms with Crippen LogP contribution in [0.4, 0.5) is 4.79 Å². The van der Waals surface area contributed by atoms with E-state index >= 15 is 0 Å². The minimum atomic E-state index is -2.11. The van der Waals surface area contributed by atoms with E-state index in [2.05, 4.69) is 19.2 Å². The summed E-state index contributed by atoms with van der Waals surface area (Å²) >= 11 is 5.56. The van der Waals surface area contributed by atoms with Gasteiger partial charge in [0.15, 0.2) is 0 Å². The number of hydrogen-bond donors (Lipinski definition) is 1. The number of rotatable bonds is 14. The molecule has 0 spiro atoms. The van der Waals surface area contributed by atoms with E-state index in [1.807, 2.05) is 31.6 Å². The third-order valence-electron chi connectivity index (χ3n) is 4.44. The van der Waals surface area contributed by atoms with E-state index in [-0.39, 0.29) is 11.5 Å². The number of unbranched alkanes of at least 4 members (excludes halogenated alkanes) is 8. The van der Waals surface area contributed by atoms with Crippen LogP contribution in [0.1, 0.15) is 92.4 Å². The zero-order chi connectivity index (χ0) is 22.5. The fraction of sp³-hybridized carbons (Fsp3) is 0.952. The van der Waals surface area contributed by atoms with Gasteiger partial charge in [-0.2, -0.15) is 0 Å². The molecule has 1 aliphatic heterocycles. The van der Waals surface area contributed by atoms with E-state index in [9.17, 15) is 4.79 Å². The molecule has 0 saturated carbocycles. The van der Waals surface area contributed by atoms with Crippen LogP contribution < -0.4 is 5.32 Å². The van der Waals surface area contributed by atoms with Crippen LogP contribution in [0, 0.1) is 5.41 Å². The van der Waals surface area contributed by atoms with Crippen molar-refractivity contribution in [2.75, 3.05) is 25.5 Å². The maximum atomic E-state index is 11.5. The van der Waals surface area contributed by atoms with Crippen molar-refractivity contribution in [2.24, 2.45) is 5.41 Å². The fourth-order valence-electron chi connectivity index (χ4n) is 2.76. The third kappa shape index (κ3) is 15.4. The second-order valence-corrected chi connectivity index (χ2v) is 17.9. The first-order chi connectivity index (χ1) is 14.0. The molecule has 0 atom stereocenters. The molecular formula is C21H42NO4PS3. The van der Waals surface area contributed by atoms with Gasteiger partial charge in [-0.05, 0) is 55.8 Å². The lowest BCUT2D eigenvalue weighted by Crippen LogP contribution is -2.32. The summed E-state index contributed by atoms with van der Waals surface area (Å²) in [6.45, 7) is 12.0. The molecule has 1 aliphatic rings. The average Bonchev–Trinajstić information content (AvgIpc) is 2.63. The molecule has 1 amide bonds. The van der Waals surface area contributed by atoms with E-state index in [1.54, 1.807) is 10.4 Å². The van der Waals surface area contributed by atoms with E-state index in [0.29, 0.717) is 19.8 Å². The largest absolute Gasteiger partial charge is 0.444 e. The van der Waals surface area contributed by atoms with Crippen LogP contribution in [0.2, 0.25) is 0 Å². The predicted octanol–water partition coefficient (Wildman–Crippen LogP) is 7.70. The van der Waals surface area contributed by atoms with Gasteiger partial charge in [-0.1, -0.05) is 69.6 Å². The Bertz CT molecular complexity index is 527. The second-order valence-electron chi connectivity index (χ2n) is 9.67. The minimum absolute atomic E-state index is 0.0878. The van der Waals surface area contributed by atoms with Crippen molar-refractivity contribution in [1.82, 2.24) is 5.32 Å². The third-order valence-corrected chi connectivity index (χ3v) is 12.9. The lowest BCUT2D eigenvalue weighted by Gasteiger charge is -2.35. The van der Waals surface area contributed by atoms with Gasteiger partial charge in [0, 0.05) is 17.7 Å². The Morgan fingerprint density at radius 2 is 1.50 bits per heavy atom. The standard InChI is InChI=1S/C21H42NO4PS3/c1-20(2,3)26-19(23)22-15-13-11-9-7-6-8-10-12-14-16-29-30-27(28)24-17-21(4,5)18-25-27/h6-18H2,1-5H3,(H,22,23). The molecule has 0 aromatic heterocycles. The maximum absolute atomic E-state index is 11.5. The number of amides is 1. The maximum Gasteiger partial charge on any atom is 0.407 e. The van der Waals surface area contributed by atoms with Gasteiger partial charge in [0.2, 0.25) is 0 Å². The summed E-state index contributed by atoms with van der Waals surface area (Å²) in [6.07, 6.45) is 10.8. The van der Waals surface area contributed by atoms with Gasteiger partial charge in [0.25, 0.3) is 5.69 Å². The first-order valence-electron chi connectivity index (χ1n) is 11.2. The van der Waals surface area contributed by atoms with Crippen LogP contribution in [0.3, 0.4) is 0 Å².